The van der Waals surface area contributed by atoms with Crippen LogP contribution < -0.4 is 40.6 Å². The molecule has 0 fully saturated rings. The molecule has 0 spiro atoms. The van der Waals surface area contributed by atoms with Gasteiger partial charge in [0.25, 0.3) is 11.0 Å². The average Bonchev–Trinajstić information content (AvgIpc) is 3.90. The van der Waals surface area contributed by atoms with Crippen LogP contribution in [-0.4, -0.2) is 53.4 Å². The molecule has 8 aromatic rings. The molecule has 5 N–H and O–H groups in total. The molecule has 0 aliphatic carbocycles. The fourth-order valence-electron chi connectivity index (χ4n) is 8.96. The van der Waals surface area contributed by atoms with E-state index in [0.717, 1.165) is 68.8 Å². The molecule has 71 heavy (non-hydrogen) atoms. The highest BCUT2D eigenvalue weighted by atomic mass is 35.5. The minimum Gasteiger partial charge on any atom is -0.338 e. The van der Waals surface area contributed by atoms with Crippen molar-refractivity contribution in [1.82, 2.24) is 5.32 Å². The summed E-state index contributed by atoms with van der Waals surface area (Å²) in [6.45, 7) is 10.0. The Kier molecular flexibility index (Phi) is 18.3. The number of aromatic nitrogens is 2. The molecule has 0 bridgehead atoms. The maximum atomic E-state index is 6.77. The summed E-state index contributed by atoms with van der Waals surface area (Å²) in [5.41, 5.74) is 20.6. The number of nitrogens with one attached hydrogen (secondary N) is 1. The van der Waals surface area contributed by atoms with Crippen molar-refractivity contribution in [3.8, 4) is 11.4 Å². The van der Waals surface area contributed by atoms with E-state index in [1.54, 1.807) is 11.8 Å². The molecule has 10 rings (SSSR count). The first kappa shape index (κ1) is 51.3. The Morgan fingerprint density at radius 3 is 1.55 bits per heavy atom. The number of hydrogen-bond donors (Lipinski definition) is 3. The van der Waals surface area contributed by atoms with E-state index in [0.29, 0.717) is 11.7 Å². The molecule has 6 aromatic carbocycles. The number of halogens is 1. The Morgan fingerprint density at radius 2 is 1.03 bits per heavy atom. The van der Waals surface area contributed by atoms with Gasteiger partial charge in [0.1, 0.15) is 11.2 Å². The van der Waals surface area contributed by atoms with Crippen molar-refractivity contribution in [2.45, 2.75) is 49.3 Å². The highest BCUT2D eigenvalue weighted by molar-refractivity contribution is 8.04. The quantitative estimate of drug-likeness (QED) is 0.0532. The molecule has 4 heterocycles. The van der Waals surface area contributed by atoms with Crippen molar-refractivity contribution in [2.75, 3.05) is 68.1 Å². The van der Waals surface area contributed by atoms with Gasteiger partial charge in [-0.3, -0.25) is 4.90 Å². The predicted molar refractivity (Wildman–Crippen MR) is 306 cm³/mol. The van der Waals surface area contributed by atoms with Crippen LogP contribution in [0.1, 0.15) is 50.7 Å². The topological polar surface area (TPSA) is 81.5 Å². The number of anilines is 3. The molecule has 0 amide bonds. The third-order valence-corrected chi connectivity index (χ3v) is 15.1. The van der Waals surface area contributed by atoms with E-state index in [9.17, 15) is 0 Å². The van der Waals surface area contributed by atoms with Crippen molar-refractivity contribution in [3.05, 3.63) is 196 Å². The van der Waals surface area contributed by atoms with Gasteiger partial charge in [-0.25, -0.2) is 0 Å². The van der Waals surface area contributed by atoms with Gasteiger partial charge >= 0.3 is 0 Å². The fourth-order valence-corrected chi connectivity index (χ4v) is 11.5. The lowest BCUT2D eigenvalue weighted by atomic mass is 10.1. The van der Waals surface area contributed by atoms with E-state index in [1.807, 2.05) is 30.0 Å². The average molecular weight is 1000 g/mol. The third kappa shape index (κ3) is 12.2. The van der Waals surface area contributed by atoms with Gasteiger partial charge < -0.3 is 26.6 Å². The van der Waals surface area contributed by atoms with Crippen molar-refractivity contribution in [1.29, 1.82) is 0 Å². The number of benzene rings is 6. The van der Waals surface area contributed by atoms with Crippen LogP contribution in [0.25, 0.3) is 45.3 Å². The highest BCUT2D eigenvalue weighted by Crippen LogP contribution is 2.47. The van der Waals surface area contributed by atoms with Gasteiger partial charge in [-0.05, 0) is 135 Å². The summed E-state index contributed by atoms with van der Waals surface area (Å²) in [5, 5.41) is 8.80. The van der Waals surface area contributed by atoms with Crippen molar-refractivity contribution in [2.24, 2.45) is 11.5 Å². The standard InChI is InChI=1S/C30H33N4S.C24H18ClN2S.C6H16N2/c1-3-19-33(20-11-18-31)29-21-23(22-30-32(2)27-16-9-10-17-28(27)35-30)25-14-7-8-15-26(25)34(29)24-12-5-4-6-13-24;1-26-21-13-7-8-14-22(21)28-24(26)16-17-15-23(25)27(18-9-3-2-4-10-18)20-12-6-5-11-19(17)20;1-2-5-8-6-3-4-7/h4-10,12-17,21-22H,3,11,18-20,31H2,1-2H3;2-16H,1H3;8H,2-7H2,1H3/q2*+1;. The van der Waals surface area contributed by atoms with Gasteiger partial charge in [-0.1, -0.05) is 128 Å². The predicted octanol–water partition coefficient (Wildman–Crippen LogP) is 12.9. The molecule has 0 atom stereocenters. The molecular weight excluding hydrogens is 932 g/mol. The molecule has 0 radical (unpaired) electrons. The summed E-state index contributed by atoms with van der Waals surface area (Å²) in [7, 11) is 4.27. The maximum Gasteiger partial charge on any atom is 0.282 e. The smallest absolute Gasteiger partial charge is 0.282 e. The first-order valence-electron chi connectivity index (χ1n) is 24.9. The van der Waals surface area contributed by atoms with E-state index < -0.39 is 0 Å². The number of hydrogen-bond acceptors (Lipinski definition) is 8. The first-order valence-corrected chi connectivity index (χ1v) is 26.9. The number of nitrogens with two attached hydrogens (primary N) is 2. The SMILES string of the molecule is CCCN(CCCN)c1cc(C=C2Sc3ccccc3N2C)c2ccccc2[n+]1-c1ccccc1.CCCNCCCN.CN1C(=Cc2cc(Cl)[n+](-c3ccccc3)c3ccccc23)Sc2ccccc21. The minimum atomic E-state index is 0.690. The van der Waals surface area contributed by atoms with Crippen LogP contribution in [0, 0.1) is 0 Å². The molecule has 2 aliphatic rings. The third-order valence-electron chi connectivity index (χ3n) is 12.5. The molecule has 11 heteroatoms. The van der Waals surface area contributed by atoms with Gasteiger partial charge in [-0.15, -0.1) is 4.57 Å². The van der Waals surface area contributed by atoms with E-state index in [-0.39, 0.29) is 0 Å². The molecular formula is C60H67ClN8S2+2. The Labute approximate surface area is 434 Å². The summed E-state index contributed by atoms with van der Waals surface area (Å²) < 4.78 is 4.50. The Hall–Kier alpha value is -6.11. The second-order valence-corrected chi connectivity index (χ2v) is 20.0. The number of para-hydroxylation sites is 6. The summed E-state index contributed by atoms with van der Waals surface area (Å²) in [5.74, 6) is 1.21. The lowest BCUT2D eigenvalue weighted by Crippen LogP contribution is -2.42. The van der Waals surface area contributed by atoms with E-state index in [1.165, 1.54) is 71.0 Å². The number of nitrogens with zero attached hydrogens (tertiary/aromatic N) is 5. The molecule has 2 aromatic heterocycles. The second kappa shape index (κ2) is 25.3. The Balaban J connectivity index is 0.000000168. The van der Waals surface area contributed by atoms with Crippen LogP contribution in [-0.2, 0) is 0 Å². The van der Waals surface area contributed by atoms with Gasteiger partial charge in [0.2, 0.25) is 11.2 Å². The van der Waals surface area contributed by atoms with Gasteiger partial charge in [0.05, 0.1) is 39.9 Å². The normalized spacial score (nSPS) is 13.8. The molecule has 0 unspecified atom stereocenters. The van der Waals surface area contributed by atoms with Gasteiger partial charge in [-0.2, -0.15) is 4.57 Å². The first-order chi connectivity index (χ1) is 34.8. The molecule has 0 saturated heterocycles. The van der Waals surface area contributed by atoms with E-state index >= 15 is 0 Å². The van der Waals surface area contributed by atoms with E-state index in [4.69, 9.17) is 23.1 Å². The summed E-state index contributed by atoms with van der Waals surface area (Å²) in [6.07, 6.45) is 8.93. The number of fused-ring (bicyclic) bond motifs is 4. The molecule has 364 valence electrons. The van der Waals surface area contributed by atoms with Crippen molar-refractivity contribution >= 4 is 86.3 Å². The Morgan fingerprint density at radius 1 is 0.549 bits per heavy atom. The van der Waals surface area contributed by atoms with Crippen LogP contribution in [0.4, 0.5) is 17.2 Å². The van der Waals surface area contributed by atoms with Gasteiger partial charge in [0, 0.05) is 59.6 Å². The number of thioether (sulfide) groups is 2. The van der Waals surface area contributed by atoms with Gasteiger partial charge in [0.15, 0.2) is 0 Å². The van der Waals surface area contributed by atoms with Crippen molar-refractivity contribution in [3.63, 3.8) is 0 Å². The number of pyridine rings is 2. The highest BCUT2D eigenvalue weighted by Gasteiger charge is 2.27. The monoisotopic (exact) mass is 998 g/mol. The van der Waals surface area contributed by atoms with E-state index in [2.05, 4.69) is 221 Å². The summed E-state index contributed by atoms with van der Waals surface area (Å²) in [4.78, 5) is 9.61. The van der Waals surface area contributed by atoms with Crippen molar-refractivity contribution < 1.29 is 9.13 Å². The summed E-state index contributed by atoms with van der Waals surface area (Å²) >= 11 is 10.4. The number of rotatable bonds is 15. The molecule has 0 saturated carbocycles. The second-order valence-electron chi connectivity index (χ2n) is 17.5. The summed E-state index contributed by atoms with van der Waals surface area (Å²) in [6, 6.07) is 59.6. The zero-order valence-electron chi connectivity index (χ0n) is 41.5. The largest absolute Gasteiger partial charge is 0.338 e. The van der Waals surface area contributed by atoms with Crippen LogP contribution in [0.15, 0.2) is 190 Å². The van der Waals surface area contributed by atoms with Crippen LogP contribution in [0.2, 0.25) is 5.15 Å². The zero-order chi connectivity index (χ0) is 49.5. The van der Waals surface area contributed by atoms with Crippen LogP contribution >= 0.6 is 35.1 Å². The lowest BCUT2D eigenvalue weighted by Gasteiger charge is -2.22. The minimum absolute atomic E-state index is 0.690. The molecule has 2 aliphatic heterocycles. The fraction of sp³-hybridized carbons (Fsp3) is 0.233. The lowest BCUT2D eigenvalue weighted by molar-refractivity contribution is -0.564. The zero-order valence-corrected chi connectivity index (χ0v) is 43.9. The van der Waals surface area contributed by atoms with Crippen LogP contribution in [0.5, 0.6) is 0 Å². The Bertz CT molecular complexity index is 3080. The molecule has 8 nitrogen and oxygen atoms in total. The van der Waals surface area contributed by atoms with Crippen LogP contribution in [0.3, 0.4) is 0 Å². The maximum absolute atomic E-state index is 6.77.